The number of rotatable bonds is 4. The Balaban J connectivity index is 1.70. The van der Waals surface area contributed by atoms with Gasteiger partial charge in [-0.3, -0.25) is 4.79 Å². The minimum Gasteiger partial charge on any atom is -0.355 e. The molecule has 6 nitrogen and oxygen atoms in total. The van der Waals surface area contributed by atoms with Gasteiger partial charge in [-0.1, -0.05) is 18.1 Å². The molecule has 2 aromatic heterocycles. The summed E-state index contributed by atoms with van der Waals surface area (Å²) in [7, 11) is 1.84. The van der Waals surface area contributed by atoms with Gasteiger partial charge in [0.2, 0.25) is 5.76 Å². The third-order valence-corrected chi connectivity index (χ3v) is 4.59. The number of amides is 1. The Morgan fingerprint density at radius 3 is 3.00 bits per heavy atom. The lowest BCUT2D eigenvalue weighted by atomic mass is 10.0. The van der Waals surface area contributed by atoms with E-state index in [4.69, 9.17) is 4.52 Å². The lowest BCUT2D eigenvalue weighted by Gasteiger charge is -2.38. The van der Waals surface area contributed by atoms with Crippen molar-refractivity contribution in [2.45, 2.75) is 39.2 Å². The summed E-state index contributed by atoms with van der Waals surface area (Å²) in [5.41, 5.74) is 1.81. The van der Waals surface area contributed by atoms with Gasteiger partial charge < -0.3 is 14.3 Å². The SMILES string of the molecule is CCc1cc(C(=O)N(C)[C@@H]2CCCN(c3cccc(C)n3)C2)on1. The molecule has 0 aliphatic carbocycles. The largest absolute Gasteiger partial charge is 0.355 e. The molecule has 1 fully saturated rings. The monoisotopic (exact) mass is 328 g/mol. The van der Waals surface area contributed by atoms with Gasteiger partial charge in [-0.25, -0.2) is 4.98 Å². The average molecular weight is 328 g/mol. The molecule has 0 aromatic carbocycles. The third-order valence-electron chi connectivity index (χ3n) is 4.59. The Labute approximate surface area is 142 Å². The number of carbonyl (C=O) groups is 1. The van der Waals surface area contributed by atoms with Crippen molar-refractivity contribution in [3.63, 3.8) is 0 Å². The fraction of sp³-hybridized carbons (Fsp3) is 0.500. The molecule has 1 amide bonds. The van der Waals surface area contributed by atoms with Gasteiger partial charge in [0.15, 0.2) is 0 Å². The number of hydrogen-bond donors (Lipinski definition) is 0. The van der Waals surface area contributed by atoms with Gasteiger partial charge in [0, 0.05) is 37.9 Å². The fourth-order valence-electron chi connectivity index (χ4n) is 3.10. The molecule has 0 bridgehead atoms. The van der Waals surface area contributed by atoms with Crippen molar-refractivity contribution in [3.05, 3.63) is 41.4 Å². The van der Waals surface area contributed by atoms with Crippen molar-refractivity contribution in [1.82, 2.24) is 15.0 Å². The zero-order valence-electron chi connectivity index (χ0n) is 14.5. The van der Waals surface area contributed by atoms with E-state index in [0.717, 1.165) is 49.6 Å². The van der Waals surface area contributed by atoms with Crippen molar-refractivity contribution in [3.8, 4) is 0 Å². The summed E-state index contributed by atoms with van der Waals surface area (Å²) in [6, 6.07) is 7.93. The summed E-state index contributed by atoms with van der Waals surface area (Å²) < 4.78 is 5.19. The van der Waals surface area contributed by atoms with Crippen LogP contribution >= 0.6 is 0 Å². The molecule has 128 valence electrons. The topological polar surface area (TPSA) is 62.5 Å². The number of anilines is 1. The van der Waals surface area contributed by atoms with Crippen LogP contribution in [0, 0.1) is 6.92 Å². The molecule has 0 spiro atoms. The number of likely N-dealkylation sites (N-methyl/N-ethyl adjacent to an activating group) is 1. The van der Waals surface area contributed by atoms with E-state index in [-0.39, 0.29) is 11.9 Å². The lowest BCUT2D eigenvalue weighted by molar-refractivity contribution is 0.0675. The van der Waals surface area contributed by atoms with E-state index >= 15 is 0 Å². The van der Waals surface area contributed by atoms with E-state index in [1.54, 1.807) is 11.0 Å². The molecule has 1 aliphatic heterocycles. The number of hydrogen-bond acceptors (Lipinski definition) is 5. The number of nitrogens with zero attached hydrogens (tertiary/aromatic N) is 4. The number of aryl methyl sites for hydroxylation is 2. The van der Waals surface area contributed by atoms with E-state index in [0.29, 0.717) is 5.76 Å². The quantitative estimate of drug-likeness (QED) is 0.863. The highest BCUT2D eigenvalue weighted by Crippen LogP contribution is 2.22. The maximum atomic E-state index is 12.6. The number of piperidine rings is 1. The highest BCUT2D eigenvalue weighted by atomic mass is 16.5. The van der Waals surface area contributed by atoms with Crippen LogP contribution in [0.1, 0.15) is 41.7 Å². The Hall–Kier alpha value is -2.37. The first-order valence-corrected chi connectivity index (χ1v) is 8.50. The minimum absolute atomic E-state index is 0.105. The normalized spacial score (nSPS) is 17.8. The van der Waals surface area contributed by atoms with Gasteiger partial charge in [0.05, 0.1) is 5.69 Å². The molecule has 0 saturated carbocycles. The average Bonchev–Trinajstić information content (AvgIpc) is 3.10. The van der Waals surface area contributed by atoms with Crippen LogP contribution in [0.3, 0.4) is 0 Å². The first-order valence-electron chi connectivity index (χ1n) is 8.50. The van der Waals surface area contributed by atoms with Gasteiger partial charge in [0.1, 0.15) is 5.82 Å². The summed E-state index contributed by atoms with van der Waals surface area (Å²) in [6.45, 7) is 5.74. The first-order chi connectivity index (χ1) is 11.6. The minimum atomic E-state index is -0.105. The van der Waals surface area contributed by atoms with Crippen LogP contribution in [0.5, 0.6) is 0 Å². The van der Waals surface area contributed by atoms with Crippen LogP contribution in [-0.2, 0) is 6.42 Å². The Bertz CT molecular complexity index is 713. The molecule has 1 saturated heterocycles. The molecule has 0 radical (unpaired) electrons. The van der Waals surface area contributed by atoms with Crippen LogP contribution in [0.25, 0.3) is 0 Å². The fourth-order valence-corrected chi connectivity index (χ4v) is 3.10. The molecular formula is C18H24N4O2. The molecule has 2 aromatic rings. The number of carbonyl (C=O) groups excluding carboxylic acids is 1. The smallest absolute Gasteiger partial charge is 0.292 e. The van der Waals surface area contributed by atoms with Crippen molar-refractivity contribution in [2.75, 3.05) is 25.0 Å². The highest BCUT2D eigenvalue weighted by Gasteiger charge is 2.29. The highest BCUT2D eigenvalue weighted by molar-refractivity contribution is 5.91. The lowest BCUT2D eigenvalue weighted by Crippen LogP contribution is -2.48. The van der Waals surface area contributed by atoms with Crippen LogP contribution in [0.4, 0.5) is 5.82 Å². The zero-order chi connectivity index (χ0) is 17.1. The van der Waals surface area contributed by atoms with Crippen LogP contribution < -0.4 is 4.90 Å². The Morgan fingerprint density at radius 1 is 1.46 bits per heavy atom. The molecule has 0 unspecified atom stereocenters. The van der Waals surface area contributed by atoms with Crippen LogP contribution in [0.2, 0.25) is 0 Å². The zero-order valence-corrected chi connectivity index (χ0v) is 14.5. The molecule has 1 aliphatic rings. The van der Waals surface area contributed by atoms with Crippen LogP contribution in [-0.4, -0.2) is 47.1 Å². The number of pyridine rings is 1. The molecule has 6 heteroatoms. The van der Waals surface area contributed by atoms with Crippen molar-refractivity contribution < 1.29 is 9.32 Å². The maximum Gasteiger partial charge on any atom is 0.292 e. The van der Waals surface area contributed by atoms with E-state index in [2.05, 4.69) is 15.0 Å². The van der Waals surface area contributed by atoms with Crippen LogP contribution in [0.15, 0.2) is 28.8 Å². The second-order valence-corrected chi connectivity index (χ2v) is 6.33. The predicted molar refractivity (Wildman–Crippen MR) is 92.2 cm³/mol. The Morgan fingerprint density at radius 2 is 2.29 bits per heavy atom. The molecule has 0 N–H and O–H groups in total. The maximum absolute atomic E-state index is 12.6. The van der Waals surface area contributed by atoms with Crippen molar-refractivity contribution >= 4 is 11.7 Å². The van der Waals surface area contributed by atoms with Gasteiger partial charge in [-0.15, -0.1) is 0 Å². The second-order valence-electron chi connectivity index (χ2n) is 6.33. The first kappa shape index (κ1) is 16.5. The predicted octanol–water partition coefficient (Wildman–Crippen LogP) is 2.68. The van der Waals surface area contributed by atoms with E-state index in [1.165, 1.54) is 0 Å². The van der Waals surface area contributed by atoms with Crippen molar-refractivity contribution in [2.24, 2.45) is 0 Å². The van der Waals surface area contributed by atoms with Crippen molar-refractivity contribution in [1.29, 1.82) is 0 Å². The van der Waals surface area contributed by atoms with Gasteiger partial charge in [0.25, 0.3) is 5.91 Å². The summed E-state index contributed by atoms with van der Waals surface area (Å²) in [6.07, 6.45) is 2.78. The second kappa shape index (κ2) is 7.03. The summed E-state index contributed by atoms with van der Waals surface area (Å²) >= 11 is 0. The van der Waals surface area contributed by atoms with E-state index in [1.807, 2.05) is 39.1 Å². The summed E-state index contributed by atoms with van der Waals surface area (Å²) in [5.74, 6) is 1.19. The van der Waals surface area contributed by atoms with Gasteiger partial charge in [-0.2, -0.15) is 0 Å². The Kier molecular flexibility index (Phi) is 4.83. The van der Waals surface area contributed by atoms with Gasteiger partial charge in [-0.05, 0) is 38.3 Å². The van der Waals surface area contributed by atoms with Gasteiger partial charge >= 0.3 is 0 Å². The van der Waals surface area contributed by atoms with E-state index < -0.39 is 0 Å². The standard InChI is InChI=1S/C18H24N4O2/c1-4-14-11-16(24-20-14)18(23)21(3)15-8-6-10-22(12-15)17-9-5-7-13(2)19-17/h5,7,9,11,15H,4,6,8,10,12H2,1-3H3/t15-/m1/s1. The molecule has 3 rings (SSSR count). The molecular weight excluding hydrogens is 304 g/mol. The molecule has 1 atom stereocenters. The molecule has 3 heterocycles. The molecule has 24 heavy (non-hydrogen) atoms. The summed E-state index contributed by atoms with van der Waals surface area (Å²) in [5, 5.41) is 3.91. The number of aromatic nitrogens is 2. The summed E-state index contributed by atoms with van der Waals surface area (Å²) in [4.78, 5) is 21.3. The third kappa shape index (κ3) is 3.42. The van der Waals surface area contributed by atoms with E-state index in [9.17, 15) is 4.79 Å².